The van der Waals surface area contributed by atoms with Crippen molar-refractivity contribution in [1.82, 2.24) is 20.4 Å². The van der Waals surface area contributed by atoms with Crippen LogP contribution in [0.5, 0.6) is 0 Å². The number of nitrogens with one attached hydrogen (secondary N) is 2. The normalized spacial score (nSPS) is 17.1. The number of rotatable bonds is 4. The van der Waals surface area contributed by atoms with Crippen LogP contribution in [-0.4, -0.2) is 45.3 Å². The molecular weight excluding hydrogens is 236 g/mol. The molecule has 1 aliphatic heterocycles. The van der Waals surface area contributed by atoms with Crippen molar-refractivity contribution in [2.75, 3.05) is 13.1 Å². The highest BCUT2D eigenvalue weighted by molar-refractivity contribution is 5.76. The molecule has 7 nitrogen and oxygen atoms in total. The van der Waals surface area contributed by atoms with E-state index in [0.29, 0.717) is 19.6 Å². The Balaban J connectivity index is 1.71. The Morgan fingerprint density at radius 3 is 2.94 bits per heavy atom. The molecule has 0 radical (unpaired) electrons. The van der Waals surface area contributed by atoms with Gasteiger partial charge in [-0.25, -0.2) is 4.79 Å². The number of aromatic nitrogens is 2. The Bertz CT molecular complexity index is 426. The minimum absolute atomic E-state index is 0.0576. The fourth-order valence-corrected chi connectivity index (χ4v) is 1.86. The van der Waals surface area contributed by atoms with Gasteiger partial charge in [-0.2, -0.15) is 5.10 Å². The van der Waals surface area contributed by atoms with Crippen LogP contribution in [0.4, 0.5) is 4.79 Å². The van der Waals surface area contributed by atoms with Gasteiger partial charge in [0.2, 0.25) is 0 Å². The van der Waals surface area contributed by atoms with Crippen LogP contribution in [0.1, 0.15) is 12.5 Å². The standard InChI is InChI=1S/C11H16N4O3/c1-7(10(16)17)9-5-15(6-9)11(18)12-2-8-3-13-14-4-8/h3-4,7,9H,2,5-6H2,1H3,(H,12,18)(H,13,14)(H,16,17). The van der Waals surface area contributed by atoms with E-state index in [0.717, 1.165) is 5.56 Å². The highest BCUT2D eigenvalue weighted by Gasteiger charge is 2.36. The second kappa shape index (κ2) is 5.07. The van der Waals surface area contributed by atoms with Crippen molar-refractivity contribution < 1.29 is 14.7 Å². The van der Waals surface area contributed by atoms with Gasteiger partial charge in [0.15, 0.2) is 0 Å². The molecular formula is C11H16N4O3. The van der Waals surface area contributed by atoms with E-state index in [9.17, 15) is 9.59 Å². The second-order valence-corrected chi connectivity index (χ2v) is 4.56. The molecule has 1 unspecified atom stereocenters. The maximum atomic E-state index is 11.7. The van der Waals surface area contributed by atoms with Gasteiger partial charge in [0.1, 0.15) is 0 Å². The lowest BCUT2D eigenvalue weighted by Gasteiger charge is -2.41. The molecule has 1 aliphatic rings. The summed E-state index contributed by atoms with van der Waals surface area (Å²) in [6, 6.07) is -0.162. The van der Waals surface area contributed by atoms with Crippen LogP contribution in [0.15, 0.2) is 12.4 Å². The first-order valence-corrected chi connectivity index (χ1v) is 5.81. The number of carboxylic acid groups (broad SMARTS) is 1. The van der Waals surface area contributed by atoms with Crippen LogP contribution in [0.3, 0.4) is 0 Å². The molecule has 1 aromatic heterocycles. The number of carboxylic acids is 1. The summed E-state index contributed by atoms with van der Waals surface area (Å²) in [4.78, 5) is 24.1. The molecule has 7 heteroatoms. The Hall–Kier alpha value is -2.05. The van der Waals surface area contributed by atoms with Crippen LogP contribution >= 0.6 is 0 Å². The fourth-order valence-electron chi connectivity index (χ4n) is 1.86. The summed E-state index contributed by atoms with van der Waals surface area (Å²) in [7, 11) is 0. The number of amides is 2. The van der Waals surface area contributed by atoms with Crippen molar-refractivity contribution in [2.45, 2.75) is 13.5 Å². The number of likely N-dealkylation sites (tertiary alicyclic amines) is 1. The quantitative estimate of drug-likeness (QED) is 0.716. The summed E-state index contributed by atoms with van der Waals surface area (Å²) >= 11 is 0. The van der Waals surface area contributed by atoms with Crippen molar-refractivity contribution in [2.24, 2.45) is 11.8 Å². The Labute approximate surface area is 104 Å². The predicted octanol–water partition coefficient (Wildman–Crippen LogP) is 0.272. The number of urea groups is 1. The average molecular weight is 252 g/mol. The summed E-state index contributed by atoms with van der Waals surface area (Å²) in [5.41, 5.74) is 0.902. The van der Waals surface area contributed by atoms with E-state index >= 15 is 0 Å². The average Bonchev–Trinajstić information content (AvgIpc) is 2.76. The molecule has 0 spiro atoms. The van der Waals surface area contributed by atoms with Gasteiger partial charge in [-0.05, 0) is 0 Å². The highest BCUT2D eigenvalue weighted by atomic mass is 16.4. The third-order valence-electron chi connectivity index (χ3n) is 3.29. The van der Waals surface area contributed by atoms with Gasteiger partial charge in [0, 0.05) is 37.3 Å². The van der Waals surface area contributed by atoms with E-state index in [-0.39, 0.29) is 11.9 Å². The van der Waals surface area contributed by atoms with Gasteiger partial charge in [0.25, 0.3) is 0 Å². The van der Waals surface area contributed by atoms with Gasteiger partial charge in [-0.15, -0.1) is 0 Å². The van der Waals surface area contributed by atoms with Gasteiger partial charge >= 0.3 is 12.0 Å². The SMILES string of the molecule is CC(C(=O)O)C1CN(C(=O)NCc2cn[nH]c2)C1. The molecule has 1 fully saturated rings. The topological polar surface area (TPSA) is 98.3 Å². The van der Waals surface area contributed by atoms with Gasteiger partial charge in [0.05, 0.1) is 12.1 Å². The molecule has 2 heterocycles. The summed E-state index contributed by atoms with van der Waals surface area (Å²) in [5.74, 6) is -1.15. The lowest BCUT2D eigenvalue weighted by Crippen LogP contribution is -2.56. The van der Waals surface area contributed by atoms with Crippen molar-refractivity contribution in [3.63, 3.8) is 0 Å². The largest absolute Gasteiger partial charge is 0.481 e. The first kappa shape index (κ1) is 12.4. The molecule has 0 saturated carbocycles. The van der Waals surface area contributed by atoms with E-state index in [1.807, 2.05) is 0 Å². The molecule has 3 N–H and O–H groups in total. The van der Waals surface area contributed by atoms with E-state index in [4.69, 9.17) is 5.11 Å². The van der Waals surface area contributed by atoms with Crippen LogP contribution in [0.25, 0.3) is 0 Å². The van der Waals surface area contributed by atoms with Crippen LogP contribution in [0.2, 0.25) is 0 Å². The summed E-state index contributed by atoms with van der Waals surface area (Å²) in [6.07, 6.45) is 3.36. The molecule has 0 aliphatic carbocycles. The molecule has 2 rings (SSSR count). The van der Waals surface area contributed by atoms with Gasteiger partial charge in [-0.1, -0.05) is 6.92 Å². The van der Waals surface area contributed by atoms with E-state index in [2.05, 4.69) is 15.5 Å². The Morgan fingerprint density at radius 2 is 2.39 bits per heavy atom. The molecule has 1 atom stereocenters. The van der Waals surface area contributed by atoms with Crippen LogP contribution < -0.4 is 5.32 Å². The fraction of sp³-hybridized carbons (Fsp3) is 0.545. The minimum Gasteiger partial charge on any atom is -0.481 e. The van der Waals surface area contributed by atoms with Crippen molar-refractivity contribution in [1.29, 1.82) is 0 Å². The van der Waals surface area contributed by atoms with Crippen molar-refractivity contribution in [3.05, 3.63) is 18.0 Å². The van der Waals surface area contributed by atoms with Gasteiger partial charge < -0.3 is 15.3 Å². The number of aliphatic carboxylic acids is 1. The zero-order valence-corrected chi connectivity index (χ0v) is 10.1. The lowest BCUT2D eigenvalue weighted by atomic mass is 9.87. The number of H-pyrrole nitrogens is 1. The molecule has 2 amide bonds. The highest BCUT2D eigenvalue weighted by Crippen LogP contribution is 2.23. The molecule has 1 saturated heterocycles. The zero-order valence-electron chi connectivity index (χ0n) is 10.1. The number of hydrogen-bond acceptors (Lipinski definition) is 3. The molecule has 18 heavy (non-hydrogen) atoms. The number of nitrogens with zero attached hydrogens (tertiary/aromatic N) is 2. The maximum Gasteiger partial charge on any atom is 0.317 e. The lowest BCUT2D eigenvalue weighted by molar-refractivity contribution is -0.144. The number of hydrogen-bond donors (Lipinski definition) is 3. The van der Waals surface area contributed by atoms with Crippen molar-refractivity contribution >= 4 is 12.0 Å². The third-order valence-corrected chi connectivity index (χ3v) is 3.29. The van der Waals surface area contributed by atoms with Crippen LogP contribution in [-0.2, 0) is 11.3 Å². The monoisotopic (exact) mass is 252 g/mol. The maximum absolute atomic E-state index is 11.7. The van der Waals surface area contributed by atoms with E-state index in [1.54, 1.807) is 24.2 Å². The van der Waals surface area contributed by atoms with Gasteiger partial charge in [-0.3, -0.25) is 9.89 Å². The summed E-state index contributed by atoms with van der Waals surface area (Å²) in [6.45, 7) is 3.11. The zero-order chi connectivity index (χ0) is 13.1. The first-order chi connectivity index (χ1) is 8.58. The smallest absolute Gasteiger partial charge is 0.317 e. The number of aromatic amines is 1. The molecule has 0 bridgehead atoms. The van der Waals surface area contributed by atoms with Crippen LogP contribution in [0, 0.1) is 11.8 Å². The first-order valence-electron chi connectivity index (χ1n) is 5.81. The predicted molar refractivity (Wildman–Crippen MR) is 62.7 cm³/mol. The van der Waals surface area contributed by atoms with E-state index in [1.165, 1.54) is 0 Å². The van der Waals surface area contributed by atoms with E-state index < -0.39 is 11.9 Å². The summed E-state index contributed by atoms with van der Waals surface area (Å²) < 4.78 is 0. The number of carbonyl (C=O) groups excluding carboxylic acids is 1. The second-order valence-electron chi connectivity index (χ2n) is 4.56. The molecule has 98 valence electrons. The Morgan fingerprint density at radius 1 is 1.67 bits per heavy atom. The third kappa shape index (κ3) is 2.61. The minimum atomic E-state index is -0.807. The Kier molecular flexibility index (Phi) is 3.50. The summed E-state index contributed by atoms with van der Waals surface area (Å²) in [5, 5.41) is 18.0. The molecule has 0 aromatic carbocycles. The van der Waals surface area contributed by atoms with Crippen molar-refractivity contribution in [3.8, 4) is 0 Å². The number of carbonyl (C=O) groups is 2. The molecule has 1 aromatic rings.